The Morgan fingerprint density at radius 2 is 0.808 bits per heavy atom. The molecule has 0 spiro atoms. The Labute approximate surface area is 314 Å². The van der Waals surface area contributed by atoms with Crippen LogP contribution in [0.2, 0.25) is 0 Å². The van der Waals surface area contributed by atoms with Crippen LogP contribution in [0.15, 0.2) is 60.9 Å². The average molecular weight is 711 g/mol. The van der Waals surface area contributed by atoms with Crippen LogP contribution in [0, 0.1) is 47.3 Å². The van der Waals surface area contributed by atoms with Gasteiger partial charge < -0.3 is 20.6 Å². The summed E-state index contributed by atoms with van der Waals surface area (Å²) < 4.78 is 0. The zero-order valence-corrected chi connectivity index (χ0v) is 34.4. The molecular weight excluding hydrogens is 645 g/mol. The van der Waals surface area contributed by atoms with E-state index in [0.717, 1.165) is 57.1 Å². The van der Waals surface area contributed by atoms with E-state index in [9.17, 15) is 9.59 Å². The third-order valence-corrected chi connectivity index (χ3v) is 8.87. The lowest BCUT2D eigenvalue weighted by atomic mass is 9.80. The van der Waals surface area contributed by atoms with E-state index < -0.39 is 10.8 Å². The maximum absolute atomic E-state index is 12.6. The summed E-state index contributed by atoms with van der Waals surface area (Å²) in [6.07, 6.45) is 11.6. The molecule has 0 atom stereocenters. The van der Waals surface area contributed by atoms with Crippen molar-refractivity contribution in [2.24, 2.45) is 34.5 Å². The van der Waals surface area contributed by atoms with E-state index in [1.165, 1.54) is 0 Å². The molecule has 0 radical (unpaired) electrons. The zero-order valence-electron chi connectivity index (χ0n) is 34.4. The molecule has 2 aromatic carbocycles. The molecule has 4 rings (SSSR count). The lowest BCUT2D eigenvalue weighted by molar-refractivity contribution is -0.132. The molecule has 8 heteroatoms. The predicted molar refractivity (Wildman–Crippen MR) is 219 cm³/mol. The van der Waals surface area contributed by atoms with Gasteiger partial charge in [0.05, 0.1) is 36.9 Å². The predicted octanol–water partition coefficient (Wildman–Crippen LogP) is 10.3. The Balaban J connectivity index is 0.00000121. The van der Waals surface area contributed by atoms with E-state index in [4.69, 9.17) is 0 Å². The normalized spacial score (nSPS) is 11.2. The highest BCUT2D eigenvalue weighted by molar-refractivity contribution is 5.82. The average Bonchev–Trinajstić information content (AvgIpc) is 3.77. The second kappa shape index (κ2) is 21.0. The number of nitrogens with zero attached hydrogens (tertiary/aromatic N) is 2. The van der Waals surface area contributed by atoms with E-state index in [1.807, 2.05) is 27.7 Å². The van der Waals surface area contributed by atoms with Gasteiger partial charge in [-0.25, -0.2) is 9.97 Å². The van der Waals surface area contributed by atoms with Crippen LogP contribution in [-0.4, -0.2) is 31.8 Å². The number of carbonyl (C=O) groups is 2. The molecular formula is C44H66N6O2. The fourth-order valence-electron chi connectivity index (χ4n) is 4.19. The number of nitrogens with one attached hydrogen (secondary N) is 4. The fourth-order valence-corrected chi connectivity index (χ4v) is 4.19. The Hall–Kier alpha value is -4.64. The number of aromatic amines is 2. The first-order valence-corrected chi connectivity index (χ1v) is 18.4. The standard InChI is InChI=1S/C34H44N6O2.2C4H10.C2H2/c1-21(2)33(5,6)31(41)37-19-29-35-17-27(39-29)25-13-9-23(10-14-25)24-11-15-26(16-12-24)28-18-36-30(40-28)20-38-32(42)34(7,8)22(3)4;2*1-4(2)3;1-2/h9-18,21-22H,19-20H2,1-8H3,(H,35,39)(H,36,40)(H,37,41)(H,38,42);2*4H,1-3H3;1-2H. The van der Waals surface area contributed by atoms with Crippen molar-refractivity contribution in [3.8, 4) is 46.5 Å². The highest BCUT2D eigenvalue weighted by atomic mass is 16.2. The summed E-state index contributed by atoms with van der Waals surface area (Å²) >= 11 is 0. The van der Waals surface area contributed by atoms with E-state index in [1.54, 1.807) is 12.4 Å². The Morgan fingerprint density at radius 3 is 1.06 bits per heavy atom. The minimum atomic E-state index is -0.436. The number of amides is 2. The Bertz CT molecular complexity index is 1530. The van der Waals surface area contributed by atoms with Gasteiger partial charge in [0.2, 0.25) is 11.8 Å². The number of imidazole rings is 2. The number of hydrogen-bond donors (Lipinski definition) is 4. The molecule has 2 aromatic heterocycles. The van der Waals surface area contributed by atoms with Gasteiger partial charge >= 0.3 is 0 Å². The summed E-state index contributed by atoms with van der Waals surface area (Å²) in [5.41, 5.74) is 5.20. The number of carbonyl (C=O) groups excluding carboxylic acids is 2. The zero-order chi connectivity index (χ0) is 39.8. The van der Waals surface area contributed by atoms with Crippen molar-refractivity contribution in [3.05, 3.63) is 72.6 Å². The first kappa shape index (κ1) is 45.4. The summed E-state index contributed by atoms with van der Waals surface area (Å²) in [4.78, 5) is 40.7. The van der Waals surface area contributed by atoms with Crippen molar-refractivity contribution in [3.63, 3.8) is 0 Å². The van der Waals surface area contributed by atoms with Crippen LogP contribution in [0.25, 0.3) is 33.6 Å². The third kappa shape index (κ3) is 14.2. The second-order valence-corrected chi connectivity index (χ2v) is 16.2. The summed E-state index contributed by atoms with van der Waals surface area (Å²) in [6, 6.07) is 16.6. The largest absolute Gasteiger partial charge is 0.348 e. The van der Waals surface area contributed by atoms with Gasteiger partial charge in [-0.15, -0.1) is 12.8 Å². The SMILES string of the molecule is C#C.CC(C)C.CC(C)C.CC(C)C(C)(C)C(=O)NCc1ncc(-c2ccc(-c3ccc(-c4cnc(CNC(=O)C(C)(C)C(C)C)[nH]4)cc3)cc2)[nH]1. The number of rotatable bonds is 11. The first-order valence-electron chi connectivity index (χ1n) is 18.4. The lowest BCUT2D eigenvalue weighted by Crippen LogP contribution is -2.40. The highest BCUT2D eigenvalue weighted by Crippen LogP contribution is 2.29. The molecule has 284 valence electrons. The fraction of sp³-hybridized carbons (Fsp3) is 0.500. The van der Waals surface area contributed by atoms with Crippen LogP contribution in [0.1, 0.15) is 109 Å². The number of hydrogen-bond acceptors (Lipinski definition) is 4. The Morgan fingerprint density at radius 1 is 0.558 bits per heavy atom. The maximum atomic E-state index is 12.6. The lowest BCUT2D eigenvalue weighted by Gasteiger charge is -2.27. The van der Waals surface area contributed by atoms with E-state index in [-0.39, 0.29) is 23.7 Å². The number of aromatic nitrogens is 4. The van der Waals surface area contributed by atoms with Crippen LogP contribution < -0.4 is 10.6 Å². The van der Waals surface area contributed by atoms with Crippen LogP contribution in [-0.2, 0) is 22.7 Å². The van der Waals surface area contributed by atoms with Crippen molar-refractivity contribution in [1.82, 2.24) is 30.6 Å². The Kier molecular flexibility index (Phi) is 18.3. The molecule has 4 N–H and O–H groups in total. The minimum Gasteiger partial charge on any atom is -0.348 e. The molecule has 0 fully saturated rings. The summed E-state index contributed by atoms with van der Waals surface area (Å²) in [5, 5.41) is 6.00. The van der Waals surface area contributed by atoms with Crippen molar-refractivity contribution >= 4 is 11.8 Å². The van der Waals surface area contributed by atoms with Crippen LogP contribution in [0.5, 0.6) is 0 Å². The molecule has 0 saturated carbocycles. The molecule has 2 amide bonds. The molecule has 0 aliphatic heterocycles. The van der Waals surface area contributed by atoms with Gasteiger partial charge in [-0.2, -0.15) is 0 Å². The summed E-state index contributed by atoms with van der Waals surface area (Å²) in [5.74, 6) is 3.64. The number of terminal acetylenes is 1. The monoisotopic (exact) mass is 711 g/mol. The molecule has 0 aliphatic carbocycles. The molecule has 0 saturated heterocycles. The summed E-state index contributed by atoms with van der Waals surface area (Å²) in [6.45, 7) is 29.8. The molecule has 0 unspecified atom stereocenters. The maximum Gasteiger partial charge on any atom is 0.226 e. The molecule has 2 heterocycles. The van der Waals surface area contributed by atoms with Gasteiger partial charge in [0.25, 0.3) is 0 Å². The molecule has 52 heavy (non-hydrogen) atoms. The van der Waals surface area contributed by atoms with Crippen molar-refractivity contribution in [1.29, 1.82) is 0 Å². The van der Waals surface area contributed by atoms with Crippen molar-refractivity contribution in [2.45, 2.75) is 110 Å². The van der Waals surface area contributed by atoms with Gasteiger partial charge in [0.15, 0.2) is 0 Å². The smallest absolute Gasteiger partial charge is 0.226 e. The molecule has 0 aliphatic rings. The first-order chi connectivity index (χ1) is 24.2. The van der Waals surface area contributed by atoms with Gasteiger partial charge in [-0.05, 0) is 45.9 Å². The van der Waals surface area contributed by atoms with Crippen LogP contribution in [0.3, 0.4) is 0 Å². The van der Waals surface area contributed by atoms with E-state index in [2.05, 4.69) is 161 Å². The second-order valence-electron chi connectivity index (χ2n) is 16.2. The molecule has 0 bridgehead atoms. The quantitative estimate of drug-likeness (QED) is 0.116. The van der Waals surface area contributed by atoms with Gasteiger partial charge in [-0.3, -0.25) is 9.59 Å². The van der Waals surface area contributed by atoms with Crippen LogP contribution >= 0.6 is 0 Å². The molecule has 8 nitrogen and oxygen atoms in total. The van der Waals surface area contributed by atoms with Gasteiger partial charge in [-0.1, -0.05) is 145 Å². The molecule has 4 aromatic rings. The topological polar surface area (TPSA) is 116 Å². The van der Waals surface area contributed by atoms with E-state index in [0.29, 0.717) is 13.1 Å². The minimum absolute atomic E-state index is 0.0218. The summed E-state index contributed by atoms with van der Waals surface area (Å²) in [7, 11) is 0. The highest BCUT2D eigenvalue weighted by Gasteiger charge is 2.31. The van der Waals surface area contributed by atoms with E-state index >= 15 is 0 Å². The van der Waals surface area contributed by atoms with Gasteiger partial charge in [0.1, 0.15) is 11.6 Å². The van der Waals surface area contributed by atoms with Crippen molar-refractivity contribution in [2.75, 3.05) is 0 Å². The van der Waals surface area contributed by atoms with Crippen LogP contribution in [0.4, 0.5) is 0 Å². The number of benzene rings is 2. The van der Waals surface area contributed by atoms with Gasteiger partial charge in [0, 0.05) is 10.8 Å². The third-order valence-electron chi connectivity index (χ3n) is 8.87. The number of H-pyrrole nitrogens is 2. The van der Waals surface area contributed by atoms with Crippen molar-refractivity contribution < 1.29 is 9.59 Å².